The van der Waals surface area contributed by atoms with Crippen LogP contribution in [0.1, 0.15) is 25.2 Å². The molecule has 196 valence electrons. The molecule has 0 aliphatic heterocycles. The van der Waals surface area contributed by atoms with Gasteiger partial charge in [-0.25, -0.2) is 19.0 Å². The normalized spacial score (nSPS) is 11.7. The fourth-order valence-electron chi connectivity index (χ4n) is 4.17. The molecule has 5 rings (SSSR count). The van der Waals surface area contributed by atoms with Crippen LogP contribution in [0.25, 0.3) is 22.3 Å². The lowest BCUT2D eigenvalue weighted by Crippen LogP contribution is -2.26. The first-order valence-corrected chi connectivity index (χ1v) is 12.1. The topological polar surface area (TPSA) is 113 Å². The van der Waals surface area contributed by atoms with E-state index in [0.29, 0.717) is 46.4 Å². The number of nitrogens with zero attached hydrogens (tertiary/aromatic N) is 5. The van der Waals surface area contributed by atoms with E-state index in [1.54, 1.807) is 36.7 Å². The number of halogens is 1. The summed E-state index contributed by atoms with van der Waals surface area (Å²) in [5.74, 6) is 1.03. The number of aryl methyl sites for hydroxylation is 1. The lowest BCUT2D eigenvalue weighted by Gasteiger charge is -2.16. The molecule has 0 unspecified atom stereocenters. The second-order valence-electron chi connectivity index (χ2n) is 9.84. The van der Waals surface area contributed by atoms with Crippen LogP contribution in [0.4, 0.5) is 10.2 Å². The van der Waals surface area contributed by atoms with Crippen molar-refractivity contribution in [1.82, 2.24) is 24.3 Å². The zero-order valence-electron chi connectivity index (χ0n) is 21.6. The van der Waals surface area contributed by atoms with Gasteiger partial charge in [-0.1, -0.05) is 0 Å². The van der Waals surface area contributed by atoms with E-state index in [9.17, 15) is 9.50 Å². The second kappa shape index (κ2) is 9.79. The van der Waals surface area contributed by atoms with Gasteiger partial charge < -0.3 is 24.9 Å². The van der Waals surface area contributed by atoms with Gasteiger partial charge in [0.1, 0.15) is 47.5 Å². The Kier molecular flexibility index (Phi) is 6.50. The largest absolute Gasteiger partial charge is 0.487 e. The predicted octanol–water partition coefficient (Wildman–Crippen LogP) is 5.00. The van der Waals surface area contributed by atoms with Crippen molar-refractivity contribution < 1.29 is 19.0 Å². The Labute approximate surface area is 219 Å². The maximum atomic E-state index is 14.3. The number of hydrogen-bond donors (Lipinski definition) is 2. The van der Waals surface area contributed by atoms with Crippen LogP contribution in [0.5, 0.6) is 17.2 Å². The van der Waals surface area contributed by atoms with Crippen molar-refractivity contribution in [3.63, 3.8) is 0 Å². The molecule has 0 aliphatic rings. The molecule has 2 aromatic carbocycles. The molecule has 0 radical (unpaired) electrons. The minimum Gasteiger partial charge on any atom is -0.487 e. The molecule has 3 aromatic heterocycles. The Morgan fingerprint density at radius 1 is 1.00 bits per heavy atom. The molecule has 3 heterocycles. The fourth-order valence-corrected chi connectivity index (χ4v) is 4.17. The predicted molar refractivity (Wildman–Crippen MR) is 142 cm³/mol. The number of hydrogen-bond acceptors (Lipinski definition) is 7. The summed E-state index contributed by atoms with van der Waals surface area (Å²) in [5, 5.41) is 15.6. The van der Waals surface area contributed by atoms with Crippen molar-refractivity contribution in [1.29, 1.82) is 0 Å². The summed E-state index contributed by atoms with van der Waals surface area (Å²) in [5.41, 5.74) is 9.14. The summed E-state index contributed by atoms with van der Waals surface area (Å²) in [7, 11) is 1.96. The van der Waals surface area contributed by atoms with Crippen molar-refractivity contribution in [2.45, 2.75) is 39.5 Å². The number of aromatic nitrogens is 5. The van der Waals surface area contributed by atoms with E-state index in [1.165, 1.54) is 18.5 Å². The lowest BCUT2D eigenvalue weighted by atomic mass is 10.1. The molecule has 0 saturated heterocycles. The third kappa shape index (κ3) is 5.30. The highest BCUT2D eigenvalue weighted by molar-refractivity contribution is 5.98. The maximum Gasteiger partial charge on any atom is 0.164 e. The average molecular weight is 517 g/mol. The van der Waals surface area contributed by atoms with Crippen molar-refractivity contribution >= 4 is 16.9 Å². The number of nitrogens with two attached hydrogens (primary N) is 1. The first-order valence-electron chi connectivity index (χ1n) is 12.1. The van der Waals surface area contributed by atoms with E-state index in [2.05, 4.69) is 15.1 Å². The van der Waals surface area contributed by atoms with E-state index >= 15 is 0 Å². The third-order valence-electron chi connectivity index (χ3n) is 6.17. The van der Waals surface area contributed by atoms with Gasteiger partial charge in [-0.3, -0.25) is 0 Å². The monoisotopic (exact) mass is 516 g/mol. The van der Waals surface area contributed by atoms with Crippen molar-refractivity contribution in [2.75, 3.05) is 5.73 Å². The number of ether oxygens (including phenoxy) is 2. The van der Waals surface area contributed by atoms with E-state index in [1.807, 2.05) is 42.8 Å². The Hall–Kier alpha value is -4.44. The lowest BCUT2D eigenvalue weighted by molar-refractivity contribution is 0.0590. The summed E-state index contributed by atoms with van der Waals surface area (Å²) in [6.45, 7) is 5.94. The van der Waals surface area contributed by atoms with Crippen molar-refractivity contribution in [2.24, 2.45) is 7.05 Å². The van der Waals surface area contributed by atoms with Gasteiger partial charge in [0.05, 0.1) is 23.2 Å². The van der Waals surface area contributed by atoms with Gasteiger partial charge in [0, 0.05) is 36.5 Å². The summed E-state index contributed by atoms with van der Waals surface area (Å²) in [6.07, 6.45) is 1.37. The minimum atomic E-state index is -0.999. The molecular weight excluding hydrogens is 487 g/mol. The zero-order chi connectivity index (χ0) is 27.0. The summed E-state index contributed by atoms with van der Waals surface area (Å²) >= 11 is 0. The van der Waals surface area contributed by atoms with E-state index in [-0.39, 0.29) is 6.54 Å². The molecule has 0 fully saturated rings. The first kappa shape index (κ1) is 25.2. The molecule has 5 aromatic rings. The molecule has 38 heavy (non-hydrogen) atoms. The average Bonchev–Trinajstić information content (AvgIpc) is 3.37. The Balaban J connectivity index is 1.37. The first-order chi connectivity index (χ1) is 18.1. The second-order valence-corrected chi connectivity index (χ2v) is 9.84. The van der Waals surface area contributed by atoms with Gasteiger partial charge in [-0.15, -0.1) is 0 Å². The van der Waals surface area contributed by atoms with Crippen LogP contribution in [-0.2, 0) is 20.2 Å². The number of fused-ring (bicyclic) bond motifs is 1. The fraction of sp³-hybridized carbons (Fsp3) is 0.250. The van der Waals surface area contributed by atoms with Crippen LogP contribution >= 0.6 is 0 Å². The molecule has 0 aliphatic carbocycles. The molecule has 0 bridgehead atoms. The highest BCUT2D eigenvalue weighted by Crippen LogP contribution is 2.33. The van der Waals surface area contributed by atoms with Crippen LogP contribution in [0, 0.1) is 12.7 Å². The van der Waals surface area contributed by atoms with Gasteiger partial charge in [-0.05, 0) is 57.2 Å². The number of anilines is 1. The van der Waals surface area contributed by atoms with Gasteiger partial charge in [0.2, 0.25) is 0 Å². The minimum absolute atomic E-state index is 0.231. The van der Waals surface area contributed by atoms with Crippen molar-refractivity contribution in [3.05, 3.63) is 78.1 Å². The van der Waals surface area contributed by atoms with Crippen LogP contribution in [0.15, 0.2) is 60.9 Å². The standard InChI is InChI=1S/C28H29FN6O3/c1-17-5-8-20(34(17)4)14-37-22-11-19(29)12-23(13-22)38-21-9-6-18(7-10-21)25-24-26(30)31-16-32-27(24)35(33-25)15-28(2,3)36/h5-13,16,36H,14-15H2,1-4H3,(H2,30,31,32). The van der Waals surface area contributed by atoms with Crippen LogP contribution in [0.3, 0.4) is 0 Å². The van der Waals surface area contributed by atoms with E-state index < -0.39 is 11.4 Å². The van der Waals surface area contributed by atoms with E-state index in [0.717, 1.165) is 17.0 Å². The highest BCUT2D eigenvalue weighted by Gasteiger charge is 2.21. The molecule has 9 nitrogen and oxygen atoms in total. The maximum absolute atomic E-state index is 14.3. The number of aliphatic hydroxyl groups is 1. The Morgan fingerprint density at radius 3 is 2.42 bits per heavy atom. The van der Waals surface area contributed by atoms with Crippen LogP contribution in [-0.4, -0.2) is 35.0 Å². The summed E-state index contributed by atoms with van der Waals surface area (Å²) < 4.78 is 29.7. The van der Waals surface area contributed by atoms with Gasteiger partial charge in [-0.2, -0.15) is 5.10 Å². The summed E-state index contributed by atoms with van der Waals surface area (Å²) in [4.78, 5) is 8.44. The van der Waals surface area contributed by atoms with Crippen LogP contribution < -0.4 is 15.2 Å². The van der Waals surface area contributed by atoms with Crippen molar-refractivity contribution in [3.8, 4) is 28.5 Å². The third-order valence-corrected chi connectivity index (χ3v) is 6.17. The van der Waals surface area contributed by atoms with Gasteiger partial charge in [0.15, 0.2) is 5.65 Å². The number of benzene rings is 2. The zero-order valence-corrected chi connectivity index (χ0v) is 21.6. The Bertz CT molecular complexity index is 1600. The number of nitrogen functional groups attached to an aromatic ring is 1. The molecule has 0 spiro atoms. The smallest absolute Gasteiger partial charge is 0.164 e. The molecule has 0 atom stereocenters. The van der Waals surface area contributed by atoms with Crippen LogP contribution in [0.2, 0.25) is 0 Å². The van der Waals surface area contributed by atoms with Gasteiger partial charge in [0.25, 0.3) is 0 Å². The SMILES string of the molecule is Cc1ccc(COc2cc(F)cc(Oc3ccc(-c4nn(CC(C)(C)O)c5ncnc(N)c45)cc3)c2)n1C. The summed E-state index contributed by atoms with van der Waals surface area (Å²) in [6, 6.07) is 15.4. The molecule has 0 saturated carbocycles. The molecule has 10 heteroatoms. The Morgan fingerprint density at radius 2 is 1.74 bits per heavy atom. The molecule has 0 amide bonds. The molecular formula is C28H29FN6O3. The number of rotatable bonds is 8. The highest BCUT2D eigenvalue weighted by atomic mass is 19.1. The van der Waals surface area contributed by atoms with E-state index in [4.69, 9.17) is 15.2 Å². The quantitative estimate of drug-likeness (QED) is 0.298. The molecule has 3 N–H and O–H groups in total. The van der Waals surface area contributed by atoms with Gasteiger partial charge >= 0.3 is 0 Å².